The molecule has 1 fully saturated rings. The fourth-order valence-electron chi connectivity index (χ4n) is 5.18. The number of benzene rings is 2. The number of amides is 1. The molecule has 0 aromatic heterocycles. The molecule has 32 heavy (non-hydrogen) atoms. The zero-order chi connectivity index (χ0) is 23.2. The molecule has 4 rings (SSSR count). The SMILES string of the molecule is Cc1cccc(N=C2NC(=O)/C(=C/c3cc4c(cc3C)N(C(C)C)C(C)(C)CC4C)S2)c1. The Labute approximate surface area is 196 Å². The molecular formula is C27H33N3OS. The Hall–Kier alpha value is -2.53. The number of rotatable bonds is 3. The lowest BCUT2D eigenvalue weighted by molar-refractivity contribution is -0.115. The van der Waals surface area contributed by atoms with E-state index in [4.69, 9.17) is 0 Å². The molecule has 0 spiro atoms. The second kappa shape index (κ2) is 8.43. The van der Waals surface area contributed by atoms with Crippen molar-refractivity contribution < 1.29 is 4.79 Å². The van der Waals surface area contributed by atoms with Crippen LogP contribution >= 0.6 is 11.8 Å². The first-order valence-corrected chi connectivity index (χ1v) is 12.2. The lowest BCUT2D eigenvalue weighted by Crippen LogP contribution is -2.51. The van der Waals surface area contributed by atoms with Gasteiger partial charge in [0.1, 0.15) is 0 Å². The third-order valence-electron chi connectivity index (χ3n) is 6.35. The summed E-state index contributed by atoms with van der Waals surface area (Å²) in [5, 5.41) is 3.54. The van der Waals surface area contributed by atoms with Crippen molar-refractivity contribution in [3.8, 4) is 0 Å². The van der Waals surface area contributed by atoms with E-state index >= 15 is 0 Å². The summed E-state index contributed by atoms with van der Waals surface area (Å²) < 4.78 is 0. The molecule has 1 unspecified atom stereocenters. The van der Waals surface area contributed by atoms with E-state index in [1.165, 1.54) is 28.6 Å². The van der Waals surface area contributed by atoms with Gasteiger partial charge in [0.2, 0.25) is 0 Å². The average molecular weight is 448 g/mol. The van der Waals surface area contributed by atoms with Crippen LogP contribution in [0.5, 0.6) is 0 Å². The van der Waals surface area contributed by atoms with Crippen LogP contribution in [0.1, 0.15) is 69.2 Å². The van der Waals surface area contributed by atoms with Gasteiger partial charge in [-0.05, 0) is 118 Å². The predicted octanol–water partition coefficient (Wildman–Crippen LogP) is 6.70. The van der Waals surface area contributed by atoms with E-state index in [9.17, 15) is 4.79 Å². The van der Waals surface area contributed by atoms with Gasteiger partial charge in [0.05, 0.1) is 10.6 Å². The molecule has 2 heterocycles. The maximum atomic E-state index is 12.6. The average Bonchev–Trinajstić information content (AvgIpc) is 3.00. The minimum absolute atomic E-state index is 0.0866. The number of fused-ring (bicyclic) bond motifs is 1. The molecule has 0 radical (unpaired) electrons. The van der Waals surface area contributed by atoms with Gasteiger partial charge in [-0.2, -0.15) is 0 Å². The van der Waals surface area contributed by atoms with Crippen LogP contribution in [0, 0.1) is 13.8 Å². The van der Waals surface area contributed by atoms with E-state index in [2.05, 4.69) is 68.9 Å². The summed E-state index contributed by atoms with van der Waals surface area (Å²) in [5.74, 6) is 0.382. The molecule has 0 saturated carbocycles. The summed E-state index contributed by atoms with van der Waals surface area (Å²) in [6.07, 6.45) is 3.13. The van der Waals surface area contributed by atoms with Crippen LogP contribution in [0.3, 0.4) is 0 Å². The standard InChI is InChI=1S/C27H33N3OS/c1-16(2)30-23-12-18(4)20(13-22(23)19(5)15-27(30,6)7)14-24-25(31)29-26(32-24)28-21-10-8-9-17(3)11-21/h8-14,16,19H,15H2,1-7H3,(H,28,29,31)/b24-14-. The highest BCUT2D eigenvalue weighted by molar-refractivity contribution is 8.18. The highest BCUT2D eigenvalue weighted by atomic mass is 32.2. The number of carbonyl (C=O) groups excluding carboxylic acids is 1. The van der Waals surface area contributed by atoms with Gasteiger partial charge in [-0.3, -0.25) is 4.79 Å². The van der Waals surface area contributed by atoms with E-state index in [1.807, 2.05) is 37.3 Å². The minimum Gasteiger partial charge on any atom is -0.364 e. The molecule has 0 aliphatic carbocycles. The molecule has 5 heteroatoms. The van der Waals surface area contributed by atoms with Crippen LogP contribution in [0.15, 0.2) is 46.3 Å². The Bertz CT molecular complexity index is 1130. The first kappa shape index (κ1) is 22.7. The molecule has 2 aromatic carbocycles. The number of aryl methyl sites for hydroxylation is 2. The summed E-state index contributed by atoms with van der Waals surface area (Å²) in [4.78, 5) is 20.5. The topological polar surface area (TPSA) is 44.7 Å². The second-order valence-corrected chi connectivity index (χ2v) is 11.0. The van der Waals surface area contributed by atoms with Gasteiger partial charge in [-0.1, -0.05) is 19.1 Å². The van der Waals surface area contributed by atoms with Gasteiger partial charge in [0, 0.05) is 17.3 Å². The van der Waals surface area contributed by atoms with Crippen LogP contribution in [-0.2, 0) is 4.79 Å². The Kier molecular flexibility index (Phi) is 5.97. The molecule has 168 valence electrons. The first-order valence-electron chi connectivity index (χ1n) is 11.4. The minimum atomic E-state index is -0.0866. The van der Waals surface area contributed by atoms with Crippen molar-refractivity contribution in [2.75, 3.05) is 4.90 Å². The van der Waals surface area contributed by atoms with E-state index in [1.54, 1.807) is 0 Å². The number of anilines is 1. The maximum absolute atomic E-state index is 12.6. The molecule has 2 aromatic rings. The molecule has 2 aliphatic heterocycles. The van der Waals surface area contributed by atoms with Crippen molar-refractivity contribution >= 4 is 40.3 Å². The van der Waals surface area contributed by atoms with Crippen LogP contribution in [0.25, 0.3) is 6.08 Å². The number of carbonyl (C=O) groups is 1. The monoisotopic (exact) mass is 447 g/mol. The fourth-order valence-corrected chi connectivity index (χ4v) is 6.02. The van der Waals surface area contributed by atoms with Gasteiger partial charge in [0.25, 0.3) is 5.91 Å². The van der Waals surface area contributed by atoms with Crippen molar-refractivity contribution in [1.82, 2.24) is 5.32 Å². The lowest BCUT2D eigenvalue weighted by Gasteiger charge is -2.50. The van der Waals surface area contributed by atoms with Gasteiger partial charge in [-0.25, -0.2) is 4.99 Å². The summed E-state index contributed by atoms with van der Waals surface area (Å²) in [5.41, 5.74) is 7.10. The Morgan fingerprint density at radius 1 is 1.22 bits per heavy atom. The molecule has 0 bridgehead atoms. The van der Waals surface area contributed by atoms with E-state index < -0.39 is 0 Å². The highest BCUT2D eigenvalue weighted by Gasteiger charge is 2.38. The molecular weight excluding hydrogens is 414 g/mol. The number of hydrogen-bond acceptors (Lipinski definition) is 4. The first-order chi connectivity index (χ1) is 15.0. The largest absolute Gasteiger partial charge is 0.364 e. The fraction of sp³-hybridized carbons (Fsp3) is 0.407. The number of aliphatic imine (C=N–C) groups is 1. The van der Waals surface area contributed by atoms with Gasteiger partial charge >= 0.3 is 0 Å². The number of hydrogen-bond donors (Lipinski definition) is 1. The van der Waals surface area contributed by atoms with Crippen LogP contribution in [0.4, 0.5) is 11.4 Å². The molecule has 1 saturated heterocycles. The number of nitrogens with zero attached hydrogens (tertiary/aromatic N) is 2. The summed E-state index contributed by atoms with van der Waals surface area (Å²) in [7, 11) is 0. The highest BCUT2D eigenvalue weighted by Crippen LogP contribution is 2.45. The Balaban J connectivity index is 1.68. The Morgan fingerprint density at radius 2 is 1.97 bits per heavy atom. The second-order valence-electron chi connectivity index (χ2n) is 9.97. The quantitative estimate of drug-likeness (QED) is 0.533. The zero-order valence-corrected chi connectivity index (χ0v) is 20.9. The summed E-state index contributed by atoms with van der Waals surface area (Å²) >= 11 is 1.41. The van der Waals surface area contributed by atoms with E-state index in [0.717, 1.165) is 23.2 Å². The lowest BCUT2D eigenvalue weighted by atomic mass is 9.78. The third-order valence-corrected chi connectivity index (χ3v) is 7.26. The predicted molar refractivity (Wildman–Crippen MR) is 138 cm³/mol. The smallest absolute Gasteiger partial charge is 0.264 e. The zero-order valence-electron chi connectivity index (χ0n) is 20.1. The van der Waals surface area contributed by atoms with Gasteiger partial charge in [-0.15, -0.1) is 0 Å². The maximum Gasteiger partial charge on any atom is 0.264 e. The molecule has 1 atom stereocenters. The Morgan fingerprint density at radius 3 is 2.66 bits per heavy atom. The molecule has 1 amide bonds. The number of nitrogens with one attached hydrogen (secondary N) is 1. The van der Waals surface area contributed by atoms with Crippen molar-refractivity contribution in [2.24, 2.45) is 4.99 Å². The normalized spacial score (nSPS) is 22.6. The summed E-state index contributed by atoms with van der Waals surface area (Å²) in [6.45, 7) is 15.7. The van der Waals surface area contributed by atoms with Crippen molar-refractivity contribution in [3.63, 3.8) is 0 Å². The van der Waals surface area contributed by atoms with Crippen LogP contribution < -0.4 is 10.2 Å². The van der Waals surface area contributed by atoms with Crippen LogP contribution in [0.2, 0.25) is 0 Å². The van der Waals surface area contributed by atoms with E-state index in [-0.39, 0.29) is 11.4 Å². The van der Waals surface area contributed by atoms with E-state index in [0.29, 0.717) is 22.0 Å². The number of amidine groups is 1. The van der Waals surface area contributed by atoms with Crippen molar-refractivity contribution in [1.29, 1.82) is 0 Å². The molecule has 2 aliphatic rings. The number of thioether (sulfide) groups is 1. The third kappa shape index (κ3) is 4.36. The van der Waals surface area contributed by atoms with Crippen molar-refractivity contribution in [3.05, 3.63) is 63.6 Å². The summed E-state index contributed by atoms with van der Waals surface area (Å²) in [6, 6.07) is 13.0. The molecule has 1 N–H and O–H groups in total. The van der Waals surface area contributed by atoms with Gasteiger partial charge < -0.3 is 10.2 Å². The van der Waals surface area contributed by atoms with Crippen LogP contribution in [-0.4, -0.2) is 22.7 Å². The van der Waals surface area contributed by atoms with Crippen molar-refractivity contribution in [2.45, 2.75) is 72.4 Å². The molecule has 4 nitrogen and oxygen atoms in total. The van der Waals surface area contributed by atoms with Gasteiger partial charge in [0.15, 0.2) is 5.17 Å².